The van der Waals surface area contributed by atoms with Gasteiger partial charge in [-0.2, -0.15) is 5.10 Å². The molecule has 80 valence electrons. The molecule has 0 atom stereocenters. The Morgan fingerprint density at radius 3 is 2.80 bits per heavy atom. The van der Waals surface area contributed by atoms with E-state index in [9.17, 15) is 15.2 Å². The molecule has 0 aliphatic carbocycles. The summed E-state index contributed by atoms with van der Waals surface area (Å²) in [6, 6.07) is 2.37. The molecule has 0 radical (unpaired) electrons. The molecule has 3 N–H and O–H groups in total. The maximum absolute atomic E-state index is 10.5. The smallest absolute Gasteiger partial charge is 0.270 e. The minimum absolute atomic E-state index is 0.0288. The van der Waals surface area contributed by atoms with Crippen LogP contribution >= 0.6 is 11.6 Å². The molecule has 1 aromatic rings. The van der Waals surface area contributed by atoms with E-state index >= 15 is 0 Å². The molecule has 0 spiro atoms. The van der Waals surface area contributed by atoms with Crippen molar-refractivity contribution in [3.8, 4) is 5.75 Å². The lowest BCUT2D eigenvalue weighted by molar-refractivity contribution is -0.384. The fourth-order valence-electron chi connectivity index (χ4n) is 1.09. The van der Waals surface area contributed by atoms with Gasteiger partial charge in [0.05, 0.1) is 17.0 Å². The molecule has 0 fully saturated rings. The van der Waals surface area contributed by atoms with Crippen LogP contribution in [0.25, 0.3) is 0 Å². The third kappa shape index (κ3) is 2.35. The summed E-state index contributed by atoms with van der Waals surface area (Å²) in [6.07, 6.45) is 1.12. The molecule has 1 rings (SSSR count). The molecule has 0 saturated heterocycles. The fraction of sp³-hybridized carbons (Fsp3) is 0.125. The number of nitrogens with zero attached hydrogens (tertiary/aromatic N) is 2. The second-order valence-corrected chi connectivity index (χ2v) is 2.98. The third-order valence-corrected chi connectivity index (χ3v) is 2.06. The van der Waals surface area contributed by atoms with Gasteiger partial charge in [-0.1, -0.05) is 0 Å². The van der Waals surface area contributed by atoms with Crippen LogP contribution in [-0.4, -0.2) is 16.2 Å². The highest BCUT2D eigenvalue weighted by Gasteiger charge is 2.14. The van der Waals surface area contributed by atoms with Gasteiger partial charge in [-0.3, -0.25) is 10.1 Å². The molecule has 0 amide bonds. The first-order chi connectivity index (χ1) is 7.10. The van der Waals surface area contributed by atoms with Gasteiger partial charge in [-0.15, -0.1) is 11.6 Å². The molecule has 0 saturated carbocycles. The molecule has 0 bridgehead atoms. The Hall–Kier alpha value is -1.82. The summed E-state index contributed by atoms with van der Waals surface area (Å²) in [5.74, 6) is 4.73. The van der Waals surface area contributed by atoms with Gasteiger partial charge in [0.15, 0.2) is 0 Å². The number of hydrogen-bond donors (Lipinski definition) is 2. The third-order valence-electron chi connectivity index (χ3n) is 1.77. The Morgan fingerprint density at radius 2 is 2.33 bits per heavy atom. The van der Waals surface area contributed by atoms with Gasteiger partial charge in [0.25, 0.3) is 5.69 Å². The van der Waals surface area contributed by atoms with Gasteiger partial charge in [0.1, 0.15) is 5.75 Å². The molecule has 0 aliphatic heterocycles. The number of hydrazone groups is 1. The van der Waals surface area contributed by atoms with Crippen molar-refractivity contribution in [1.82, 2.24) is 0 Å². The van der Waals surface area contributed by atoms with Crippen LogP contribution < -0.4 is 5.84 Å². The van der Waals surface area contributed by atoms with Crippen molar-refractivity contribution in [3.63, 3.8) is 0 Å². The van der Waals surface area contributed by atoms with Crippen LogP contribution in [0, 0.1) is 10.1 Å². The monoisotopic (exact) mass is 229 g/mol. The van der Waals surface area contributed by atoms with E-state index < -0.39 is 4.92 Å². The SMILES string of the molecule is NN=Cc1cc([N+](=O)[O-])cc(CCl)c1O. The highest BCUT2D eigenvalue weighted by atomic mass is 35.5. The molecular formula is C8H8ClN3O3. The number of phenolic OH excluding ortho intramolecular Hbond substituents is 1. The Morgan fingerprint density at radius 1 is 1.67 bits per heavy atom. The zero-order valence-corrected chi connectivity index (χ0v) is 8.31. The number of non-ortho nitro benzene ring substituents is 1. The maximum atomic E-state index is 10.5. The largest absolute Gasteiger partial charge is 0.507 e. The molecule has 15 heavy (non-hydrogen) atoms. The minimum Gasteiger partial charge on any atom is -0.507 e. The molecule has 7 heteroatoms. The number of rotatable bonds is 3. The van der Waals surface area contributed by atoms with E-state index in [0.717, 1.165) is 6.21 Å². The number of nitro groups is 1. The van der Waals surface area contributed by atoms with E-state index in [4.69, 9.17) is 17.4 Å². The predicted molar refractivity (Wildman–Crippen MR) is 56.1 cm³/mol. The second kappa shape index (κ2) is 4.61. The highest BCUT2D eigenvalue weighted by Crippen LogP contribution is 2.28. The summed E-state index contributed by atoms with van der Waals surface area (Å²) >= 11 is 5.52. The number of aromatic hydroxyl groups is 1. The van der Waals surface area contributed by atoms with E-state index in [0.29, 0.717) is 0 Å². The molecule has 0 aromatic heterocycles. The molecular weight excluding hydrogens is 222 g/mol. The summed E-state index contributed by atoms with van der Waals surface area (Å²) in [5, 5.41) is 23.3. The van der Waals surface area contributed by atoms with Crippen LogP contribution in [0.2, 0.25) is 0 Å². The maximum Gasteiger partial charge on any atom is 0.270 e. The summed E-state index contributed by atoms with van der Waals surface area (Å²) in [5.41, 5.74) is 0.265. The Labute approximate surface area is 90.1 Å². The van der Waals surface area contributed by atoms with E-state index in [1.54, 1.807) is 0 Å². The molecule has 6 nitrogen and oxygen atoms in total. The van der Waals surface area contributed by atoms with Crippen LogP contribution in [0.15, 0.2) is 17.2 Å². The quantitative estimate of drug-likeness (QED) is 0.268. The van der Waals surface area contributed by atoms with Gasteiger partial charge in [-0.05, 0) is 0 Å². The zero-order chi connectivity index (χ0) is 11.4. The number of alkyl halides is 1. The van der Waals surface area contributed by atoms with Crippen molar-refractivity contribution in [3.05, 3.63) is 33.4 Å². The van der Waals surface area contributed by atoms with E-state index in [2.05, 4.69) is 5.10 Å². The topological polar surface area (TPSA) is 102 Å². The van der Waals surface area contributed by atoms with Crippen LogP contribution in [0.1, 0.15) is 11.1 Å². The normalized spacial score (nSPS) is 10.7. The number of nitrogens with two attached hydrogens (primary N) is 1. The van der Waals surface area contributed by atoms with E-state index in [-0.39, 0.29) is 28.4 Å². The molecule has 1 aromatic carbocycles. The van der Waals surface area contributed by atoms with Crippen molar-refractivity contribution in [2.45, 2.75) is 5.88 Å². The number of nitro benzene ring substituents is 1. The van der Waals surface area contributed by atoms with Crippen molar-refractivity contribution in [2.24, 2.45) is 10.9 Å². The van der Waals surface area contributed by atoms with Gasteiger partial charge in [-0.25, -0.2) is 0 Å². The lowest BCUT2D eigenvalue weighted by Crippen LogP contribution is -1.95. The second-order valence-electron chi connectivity index (χ2n) is 2.71. The van der Waals surface area contributed by atoms with Crippen LogP contribution in [0.3, 0.4) is 0 Å². The zero-order valence-electron chi connectivity index (χ0n) is 7.55. The number of phenols is 1. The van der Waals surface area contributed by atoms with Crippen molar-refractivity contribution >= 4 is 23.5 Å². The van der Waals surface area contributed by atoms with Crippen LogP contribution in [0.4, 0.5) is 5.69 Å². The van der Waals surface area contributed by atoms with Crippen molar-refractivity contribution in [1.29, 1.82) is 0 Å². The Balaban J connectivity index is 3.37. The van der Waals surface area contributed by atoms with Gasteiger partial charge < -0.3 is 10.9 Å². The molecule has 0 aliphatic rings. The first kappa shape index (κ1) is 11.3. The first-order valence-corrected chi connectivity index (χ1v) is 4.43. The van der Waals surface area contributed by atoms with E-state index in [1.165, 1.54) is 12.1 Å². The summed E-state index contributed by atoms with van der Waals surface area (Å²) in [6.45, 7) is 0. The number of benzene rings is 1. The van der Waals surface area contributed by atoms with Crippen LogP contribution in [0.5, 0.6) is 5.75 Å². The summed E-state index contributed by atoms with van der Waals surface area (Å²) < 4.78 is 0. The fourth-order valence-corrected chi connectivity index (χ4v) is 1.29. The van der Waals surface area contributed by atoms with Gasteiger partial charge >= 0.3 is 0 Å². The van der Waals surface area contributed by atoms with Crippen molar-refractivity contribution in [2.75, 3.05) is 0 Å². The van der Waals surface area contributed by atoms with Crippen molar-refractivity contribution < 1.29 is 10.0 Å². The average Bonchev–Trinajstić information content (AvgIpc) is 2.21. The predicted octanol–water partition coefficient (Wildman–Crippen LogP) is 1.33. The number of halogens is 1. The average molecular weight is 230 g/mol. The number of hydrogen-bond acceptors (Lipinski definition) is 5. The van der Waals surface area contributed by atoms with Gasteiger partial charge in [0.2, 0.25) is 0 Å². The van der Waals surface area contributed by atoms with Gasteiger partial charge in [0, 0.05) is 23.3 Å². The lowest BCUT2D eigenvalue weighted by Gasteiger charge is -2.03. The standard InChI is InChI=1S/C8H8ClN3O3/c9-3-5-1-7(12(14)15)2-6(4-11-10)8(5)13/h1-2,4,13H,3,10H2. The highest BCUT2D eigenvalue weighted by molar-refractivity contribution is 6.17. The lowest BCUT2D eigenvalue weighted by atomic mass is 10.1. The Bertz CT molecular complexity index is 420. The summed E-state index contributed by atoms with van der Waals surface area (Å²) in [4.78, 5) is 9.96. The summed E-state index contributed by atoms with van der Waals surface area (Å²) in [7, 11) is 0. The minimum atomic E-state index is -0.580. The first-order valence-electron chi connectivity index (χ1n) is 3.89. The molecule has 0 heterocycles. The van der Waals surface area contributed by atoms with E-state index in [1.807, 2.05) is 0 Å². The molecule has 0 unspecified atom stereocenters. The van der Waals surface area contributed by atoms with Crippen LogP contribution in [-0.2, 0) is 5.88 Å². The Kier molecular flexibility index (Phi) is 3.46.